The van der Waals surface area contributed by atoms with Gasteiger partial charge in [0.1, 0.15) is 5.75 Å². The molecule has 132 valence electrons. The molecule has 8 nitrogen and oxygen atoms in total. The van der Waals surface area contributed by atoms with Gasteiger partial charge in [0.25, 0.3) is 10.0 Å². The van der Waals surface area contributed by atoms with Crippen LogP contribution in [0.3, 0.4) is 0 Å². The molecule has 9 heteroatoms. The van der Waals surface area contributed by atoms with Crippen molar-refractivity contribution in [3.8, 4) is 5.75 Å². The first-order chi connectivity index (χ1) is 11.6. The Labute approximate surface area is 141 Å². The standard InChI is InChI=1S/C15H22N4O4S/c1-22-12-4-6-14(7-5-12)24(20,21)18-15-16-10-19(11-17-15)9-13-3-2-8-23-13/h4-7,13H,2-3,8-11H2,1H3,(H2,16,17,18)/t13-/m0/s1. The van der Waals surface area contributed by atoms with Crippen LogP contribution in [0.25, 0.3) is 0 Å². The van der Waals surface area contributed by atoms with Crippen LogP contribution < -0.4 is 14.8 Å². The van der Waals surface area contributed by atoms with E-state index in [1.807, 2.05) is 0 Å². The molecule has 1 aromatic rings. The second-order valence-electron chi connectivity index (χ2n) is 5.75. The van der Waals surface area contributed by atoms with Gasteiger partial charge in [-0.3, -0.25) is 4.90 Å². The molecular formula is C15H22N4O4S. The molecule has 2 N–H and O–H groups in total. The number of hydrogen-bond donors (Lipinski definition) is 2. The molecule has 2 heterocycles. The van der Waals surface area contributed by atoms with Crippen molar-refractivity contribution < 1.29 is 17.9 Å². The van der Waals surface area contributed by atoms with Crippen molar-refractivity contribution >= 4 is 16.0 Å². The van der Waals surface area contributed by atoms with Crippen LogP contribution in [0.1, 0.15) is 12.8 Å². The average molecular weight is 354 g/mol. The number of hydrogen-bond acceptors (Lipinski definition) is 7. The highest BCUT2D eigenvalue weighted by Gasteiger charge is 2.23. The number of aliphatic imine (C=N–C) groups is 1. The number of ether oxygens (including phenoxy) is 2. The van der Waals surface area contributed by atoms with Gasteiger partial charge in [-0.15, -0.1) is 0 Å². The number of guanidine groups is 1. The Morgan fingerprint density at radius 2 is 2.21 bits per heavy atom. The lowest BCUT2D eigenvalue weighted by Crippen LogP contribution is -2.51. The summed E-state index contributed by atoms with van der Waals surface area (Å²) >= 11 is 0. The van der Waals surface area contributed by atoms with Gasteiger partial charge in [0, 0.05) is 13.2 Å². The topological polar surface area (TPSA) is 92.3 Å². The lowest BCUT2D eigenvalue weighted by atomic mass is 10.2. The summed E-state index contributed by atoms with van der Waals surface area (Å²) in [5.41, 5.74) is 0. The van der Waals surface area contributed by atoms with Gasteiger partial charge >= 0.3 is 0 Å². The normalized spacial score (nSPS) is 21.9. The van der Waals surface area contributed by atoms with E-state index in [0.717, 1.165) is 26.0 Å². The summed E-state index contributed by atoms with van der Waals surface area (Å²) < 4.78 is 37.8. The van der Waals surface area contributed by atoms with Gasteiger partial charge in [-0.05, 0) is 37.1 Å². The summed E-state index contributed by atoms with van der Waals surface area (Å²) in [4.78, 5) is 6.50. The minimum absolute atomic E-state index is 0.162. The predicted molar refractivity (Wildman–Crippen MR) is 89.3 cm³/mol. The molecule has 0 aliphatic carbocycles. The molecule has 2 aliphatic heterocycles. The third-order valence-corrected chi connectivity index (χ3v) is 5.34. The first-order valence-electron chi connectivity index (χ1n) is 7.86. The molecule has 24 heavy (non-hydrogen) atoms. The molecular weight excluding hydrogens is 332 g/mol. The van der Waals surface area contributed by atoms with Crippen LogP contribution in [0, 0.1) is 0 Å². The van der Waals surface area contributed by atoms with E-state index in [1.54, 1.807) is 12.1 Å². The van der Waals surface area contributed by atoms with Crippen LogP contribution in [0.5, 0.6) is 5.75 Å². The number of benzene rings is 1. The van der Waals surface area contributed by atoms with Gasteiger partial charge < -0.3 is 14.8 Å². The van der Waals surface area contributed by atoms with E-state index in [4.69, 9.17) is 9.47 Å². The first-order valence-corrected chi connectivity index (χ1v) is 9.34. The molecule has 2 aliphatic rings. The van der Waals surface area contributed by atoms with Crippen molar-refractivity contribution in [1.82, 2.24) is 14.9 Å². The van der Waals surface area contributed by atoms with Crippen LogP contribution in [-0.2, 0) is 14.8 Å². The molecule has 0 saturated carbocycles. The van der Waals surface area contributed by atoms with Crippen molar-refractivity contribution in [2.45, 2.75) is 23.8 Å². The number of methoxy groups -OCH3 is 1. The van der Waals surface area contributed by atoms with Crippen molar-refractivity contribution in [2.75, 3.05) is 33.6 Å². The van der Waals surface area contributed by atoms with Crippen molar-refractivity contribution in [1.29, 1.82) is 0 Å². The van der Waals surface area contributed by atoms with Crippen LogP contribution in [-0.4, -0.2) is 59.0 Å². The third-order valence-electron chi connectivity index (χ3n) is 3.99. The lowest BCUT2D eigenvalue weighted by molar-refractivity contribution is 0.0714. The maximum absolute atomic E-state index is 12.4. The van der Waals surface area contributed by atoms with Gasteiger partial charge in [-0.25, -0.2) is 18.1 Å². The fourth-order valence-corrected chi connectivity index (χ4v) is 3.67. The van der Waals surface area contributed by atoms with Crippen LogP contribution in [0.4, 0.5) is 0 Å². The summed E-state index contributed by atoms with van der Waals surface area (Å²) in [5, 5.41) is 3.00. The summed E-state index contributed by atoms with van der Waals surface area (Å²) in [5.74, 6) is 0.862. The quantitative estimate of drug-likeness (QED) is 0.792. The number of rotatable bonds is 5. The highest BCUT2D eigenvalue weighted by Crippen LogP contribution is 2.16. The lowest BCUT2D eigenvalue weighted by Gasteiger charge is -2.28. The van der Waals surface area contributed by atoms with Crippen LogP contribution in [0.2, 0.25) is 0 Å². The van der Waals surface area contributed by atoms with Gasteiger partial charge in [0.05, 0.1) is 31.4 Å². The Bertz CT molecular complexity index is 684. The zero-order valence-electron chi connectivity index (χ0n) is 13.6. The molecule has 3 rings (SSSR count). The van der Waals surface area contributed by atoms with E-state index in [9.17, 15) is 8.42 Å². The fraction of sp³-hybridized carbons (Fsp3) is 0.533. The molecule has 0 radical (unpaired) electrons. The van der Waals surface area contributed by atoms with Gasteiger partial charge in [0.15, 0.2) is 0 Å². The van der Waals surface area contributed by atoms with Gasteiger partial charge in [-0.2, -0.15) is 0 Å². The molecule has 0 amide bonds. The Kier molecular flexibility index (Phi) is 5.22. The molecule has 1 saturated heterocycles. The highest BCUT2D eigenvalue weighted by molar-refractivity contribution is 7.90. The molecule has 0 spiro atoms. The van der Waals surface area contributed by atoms with Crippen molar-refractivity contribution in [2.24, 2.45) is 4.99 Å². The predicted octanol–water partition coefficient (Wildman–Crippen LogP) is 0.329. The second-order valence-corrected chi connectivity index (χ2v) is 7.43. The maximum Gasteiger partial charge on any atom is 0.264 e. The largest absolute Gasteiger partial charge is 0.497 e. The summed E-state index contributed by atoms with van der Waals surface area (Å²) in [7, 11) is -2.13. The van der Waals surface area contributed by atoms with E-state index >= 15 is 0 Å². The minimum Gasteiger partial charge on any atom is -0.497 e. The van der Waals surface area contributed by atoms with Crippen LogP contribution in [0.15, 0.2) is 34.2 Å². The highest BCUT2D eigenvalue weighted by atomic mass is 32.2. The molecule has 1 atom stereocenters. The Balaban J connectivity index is 1.57. The Hall–Kier alpha value is -1.84. The zero-order valence-corrected chi connectivity index (χ0v) is 14.4. The third kappa shape index (κ3) is 4.16. The SMILES string of the molecule is COc1ccc(S(=O)(=O)NC2=NCN(C[C@@H]3CCCO3)CN2)cc1. The number of nitrogens with one attached hydrogen (secondary N) is 2. The van der Waals surface area contributed by atoms with Gasteiger partial charge in [-0.1, -0.05) is 0 Å². The fourth-order valence-electron chi connectivity index (χ4n) is 2.67. The molecule has 0 bridgehead atoms. The van der Waals surface area contributed by atoms with Gasteiger partial charge in [0.2, 0.25) is 5.96 Å². The first kappa shape index (κ1) is 17.0. The minimum atomic E-state index is -3.67. The summed E-state index contributed by atoms with van der Waals surface area (Å²) in [6, 6.07) is 6.20. The van der Waals surface area contributed by atoms with E-state index in [-0.39, 0.29) is 17.0 Å². The molecule has 1 aromatic carbocycles. The molecule has 1 fully saturated rings. The van der Waals surface area contributed by atoms with E-state index in [1.165, 1.54) is 19.2 Å². The Morgan fingerprint density at radius 3 is 2.79 bits per heavy atom. The van der Waals surface area contributed by atoms with E-state index in [2.05, 4.69) is 19.9 Å². The second kappa shape index (κ2) is 7.37. The molecule has 0 unspecified atom stereocenters. The van der Waals surface area contributed by atoms with Crippen molar-refractivity contribution in [3.63, 3.8) is 0 Å². The zero-order chi connectivity index (χ0) is 17.0. The summed E-state index contributed by atoms with van der Waals surface area (Å²) in [6.07, 6.45) is 2.42. The number of sulfonamides is 1. The average Bonchev–Trinajstić information content (AvgIpc) is 3.09. The Morgan fingerprint density at radius 1 is 1.42 bits per heavy atom. The molecule has 0 aromatic heterocycles. The van der Waals surface area contributed by atoms with Crippen molar-refractivity contribution in [3.05, 3.63) is 24.3 Å². The monoisotopic (exact) mass is 354 g/mol. The van der Waals surface area contributed by atoms with Crippen LogP contribution >= 0.6 is 0 Å². The van der Waals surface area contributed by atoms with E-state index < -0.39 is 10.0 Å². The van der Waals surface area contributed by atoms with E-state index in [0.29, 0.717) is 19.1 Å². The summed E-state index contributed by atoms with van der Waals surface area (Å²) in [6.45, 7) is 2.59. The maximum atomic E-state index is 12.4. The number of nitrogens with zero attached hydrogens (tertiary/aromatic N) is 2. The smallest absolute Gasteiger partial charge is 0.264 e.